The summed E-state index contributed by atoms with van der Waals surface area (Å²) in [4.78, 5) is 39.5. The van der Waals surface area contributed by atoms with Gasteiger partial charge in [0.25, 0.3) is 5.91 Å². The maximum absolute atomic E-state index is 12.1. The first kappa shape index (κ1) is 27.4. The van der Waals surface area contributed by atoms with Gasteiger partial charge in [-0.2, -0.15) is 0 Å². The van der Waals surface area contributed by atoms with E-state index in [4.69, 9.17) is 32.9 Å². The number of benzene rings is 2. The summed E-state index contributed by atoms with van der Waals surface area (Å²) in [7, 11) is 0. The molecule has 1 saturated heterocycles. The highest BCUT2D eigenvalue weighted by atomic mass is 32.1. The Balaban J connectivity index is 0.000000208. The number of ether oxygens (including phenoxy) is 1. The Hall–Kier alpha value is -4.15. The molecule has 1 amide bonds. The normalized spacial score (nSPS) is 15.3. The fourth-order valence-electron chi connectivity index (χ4n) is 3.58. The van der Waals surface area contributed by atoms with E-state index in [1.807, 2.05) is 54.6 Å². The van der Waals surface area contributed by atoms with Gasteiger partial charge in [0.05, 0.1) is 12.1 Å². The Morgan fingerprint density at radius 1 is 1.03 bits per heavy atom. The summed E-state index contributed by atoms with van der Waals surface area (Å²) in [6.07, 6.45) is 3.54. The van der Waals surface area contributed by atoms with Crippen LogP contribution in [0, 0.1) is 0 Å². The van der Waals surface area contributed by atoms with Crippen LogP contribution < -0.4 is 10.5 Å². The average molecular weight is 522 g/mol. The number of nitrogens with two attached hydrogens (primary N) is 1. The van der Waals surface area contributed by atoms with Crippen molar-refractivity contribution < 1.29 is 29.3 Å². The van der Waals surface area contributed by atoms with Crippen LogP contribution in [-0.2, 0) is 22.6 Å². The topological polar surface area (TPSA) is 143 Å². The molecule has 10 heteroatoms. The van der Waals surface area contributed by atoms with Crippen LogP contribution >= 0.6 is 12.2 Å². The van der Waals surface area contributed by atoms with Gasteiger partial charge in [-0.3, -0.25) is 14.6 Å². The zero-order valence-corrected chi connectivity index (χ0v) is 20.7. The number of likely N-dealkylation sites (tertiary alicyclic amines) is 1. The number of thiocarbonyl (C=S) groups is 1. The van der Waals surface area contributed by atoms with E-state index >= 15 is 0 Å². The number of carbonyl (C=O) groups excluding carboxylic acids is 1. The van der Waals surface area contributed by atoms with Crippen molar-refractivity contribution in [1.29, 1.82) is 0 Å². The van der Waals surface area contributed by atoms with Crippen LogP contribution in [0.25, 0.3) is 0 Å². The summed E-state index contributed by atoms with van der Waals surface area (Å²) >= 11 is 4.99. The molecule has 2 aromatic carbocycles. The van der Waals surface area contributed by atoms with Crippen molar-refractivity contribution >= 4 is 34.9 Å². The zero-order chi connectivity index (χ0) is 26.8. The molecule has 0 spiro atoms. The van der Waals surface area contributed by atoms with Gasteiger partial charge >= 0.3 is 11.9 Å². The van der Waals surface area contributed by atoms with Gasteiger partial charge in [-0.15, -0.1) is 0 Å². The maximum Gasteiger partial charge on any atom is 0.326 e. The molecule has 4 rings (SSSR count). The van der Waals surface area contributed by atoms with Crippen molar-refractivity contribution in [3.63, 3.8) is 0 Å². The molecular formula is C27H27N3O6S. The van der Waals surface area contributed by atoms with Gasteiger partial charge in [0.2, 0.25) is 0 Å². The Morgan fingerprint density at radius 3 is 2.32 bits per heavy atom. The number of pyridine rings is 1. The molecule has 0 unspecified atom stereocenters. The summed E-state index contributed by atoms with van der Waals surface area (Å²) in [5.41, 5.74) is 7.85. The van der Waals surface area contributed by atoms with Crippen molar-refractivity contribution in [2.24, 2.45) is 5.73 Å². The fourth-order valence-corrected chi connectivity index (χ4v) is 3.88. The molecule has 0 bridgehead atoms. The Bertz CT molecular complexity index is 1220. The number of carbonyl (C=O) groups is 3. The van der Waals surface area contributed by atoms with Crippen molar-refractivity contribution in [1.82, 2.24) is 9.88 Å². The first-order valence-electron chi connectivity index (χ1n) is 11.4. The molecule has 0 saturated carbocycles. The number of carboxylic acid groups (broad SMARTS) is 2. The van der Waals surface area contributed by atoms with Crippen LogP contribution in [-0.4, -0.2) is 61.4 Å². The van der Waals surface area contributed by atoms with E-state index < -0.39 is 24.0 Å². The van der Waals surface area contributed by atoms with Crippen LogP contribution in [0.4, 0.5) is 0 Å². The number of carboxylic acids is 2. The lowest BCUT2D eigenvalue weighted by atomic mass is 10.1. The van der Waals surface area contributed by atoms with Gasteiger partial charge in [-0.1, -0.05) is 54.7 Å². The zero-order valence-electron chi connectivity index (χ0n) is 19.9. The van der Waals surface area contributed by atoms with Gasteiger partial charge in [0.15, 0.2) is 0 Å². The average Bonchev–Trinajstić information content (AvgIpc) is 3.31. The SMILES string of the molecule is N[C@@H](Cc1ccc(OCc2ccccc2)cc1)C(=O)O.O=C(O)[C@@H]1CC(=S)CN1C(=O)c1cccnc1. The number of aliphatic carboxylic acids is 2. The molecule has 9 nitrogen and oxygen atoms in total. The van der Waals surface area contributed by atoms with E-state index in [1.54, 1.807) is 18.3 Å². The minimum atomic E-state index is -1.03. The van der Waals surface area contributed by atoms with Crippen LogP contribution in [0.2, 0.25) is 0 Å². The first-order valence-corrected chi connectivity index (χ1v) is 11.8. The van der Waals surface area contributed by atoms with E-state index in [-0.39, 0.29) is 18.9 Å². The number of hydrogen-bond acceptors (Lipinski definition) is 7. The third-order valence-electron chi connectivity index (χ3n) is 5.54. The highest BCUT2D eigenvalue weighted by molar-refractivity contribution is 7.80. The monoisotopic (exact) mass is 521 g/mol. The second-order valence-corrected chi connectivity index (χ2v) is 8.92. The second kappa shape index (κ2) is 13.2. The van der Waals surface area contributed by atoms with Gasteiger partial charge in [-0.25, -0.2) is 4.79 Å². The van der Waals surface area contributed by atoms with Crippen molar-refractivity contribution in [2.75, 3.05) is 6.54 Å². The van der Waals surface area contributed by atoms with Crippen LogP contribution in [0.1, 0.15) is 27.9 Å². The van der Waals surface area contributed by atoms with E-state index in [1.165, 1.54) is 11.1 Å². The number of rotatable bonds is 8. The molecule has 3 aromatic rings. The van der Waals surface area contributed by atoms with Gasteiger partial charge in [0.1, 0.15) is 24.4 Å². The Morgan fingerprint density at radius 2 is 1.73 bits per heavy atom. The molecule has 4 N–H and O–H groups in total. The lowest BCUT2D eigenvalue weighted by Crippen LogP contribution is -2.40. The van der Waals surface area contributed by atoms with E-state index in [9.17, 15) is 14.4 Å². The highest BCUT2D eigenvalue weighted by Gasteiger charge is 2.37. The minimum Gasteiger partial charge on any atom is -0.489 e. The maximum atomic E-state index is 12.1. The number of amides is 1. The Kier molecular flexibility index (Phi) is 9.82. The third-order valence-corrected chi connectivity index (χ3v) is 5.84. The lowest BCUT2D eigenvalue weighted by Gasteiger charge is -2.20. The second-order valence-electron chi connectivity index (χ2n) is 8.34. The molecule has 0 radical (unpaired) electrons. The van der Waals surface area contributed by atoms with E-state index in [0.717, 1.165) is 16.9 Å². The molecule has 192 valence electrons. The van der Waals surface area contributed by atoms with Crippen LogP contribution in [0.3, 0.4) is 0 Å². The smallest absolute Gasteiger partial charge is 0.326 e. The third kappa shape index (κ3) is 8.19. The standard InChI is InChI=1S/C16H17NO3.C11H10N2O3S/c17-15(16(18)19)10-12-6-8-14(9-7-12)20-11-13-4-2-1-3-5-13;14-10(7-2-1-3-12-5-7)13-6-8(17)4-9(13)11(15)16/h1-9,15H,10-11,17H2,(H,18,19);1-3,5,9H,4,6H2,(H,15,16)/t15-;9-/m00/s1. The predicted molar refractivity (Wildman–Crippen MR) is 140 cm³/mol. The van der Waals surface area contributed by atoms with Crippen LogP contribution in [0.5, 0.6) is 5.75 Å². The van der Waals surface area contributed by atoms with Crippen molar-refractivity contribution in [3.8, 4) is 5.75 Å². The molecule has 1 aromatic heterocycles. The number of nitrogens with zero attached hydrogens (tertiary/aromatic N) is 2. The number of hydrogen-bond donors (Lipinski definition) is 3. The summed E-state index contributed by atoms with van der Waals surface area (Å²) < 4.78 is 5.65. The molecular weight excluding hydrogens is 494 g/mol. The summed E-state index contributed by atoms with van der Waals surface area (Å²) in [5, 5.41) is 17.8. The predicted octanol–water partition coefficient (Wildman–Crippen LogP) is 2.97. The highest BCUT2D eigenvalue weighted by Crippen LogP contribution is 2.19. The number of aromatic nitrogens is 1. The minimum absolute atomic E-state index is 0.222. The Labute approximate surface area is 219 Å². The van der Waals surface area contributed by atoms with Gasteiger partial charge in [0, 0.05) is 23.7 Å². The molecule has 1 fully saturated rings. The molecule has 2 heterocycles. The van der Waals surface area contributed by atoms with Crippen molar-refractivity contribution in [2.45, 2.75) is 31.5 Å². The van der Waals surface area contributed by atoms with Gasteiger partial charge < -0.3 is 25.6 Å². The van der Waals surface area contributed by atoms with E-state index in [2.05, 4.69) is 4.98 Å². The van der Waals surface area contributed by atoms with Crippen LogP contribution in [0.15, 0.2) is 79.1 Å². The lowest BCUT2D eigenvalue weighted by molar-refractivity contribution is -0.141. The summed E-state index contributed by atoms with van der Waals surface area (Å²) in [6, 6.07) is 18.7. The summed E-state index contributed by atoms with van der Waals surface area (Å²) in [6.45, 7) is 0.731. The van der Waals surface area contributed by atoms with Gasteiger partial charge in [-0.05, 0) is 41.8 Å². The molecule has 1 aliphatic rings. The molecule has 0 aliphatic carbocycles. The first-order chi connectivity index (χ1) is 17.7. The summed E-state index contributed by atoms with van der Waals surface area (Å²) in [5.74, 6) is -1.61. The largest absolute Gasteiger partial charge is 0.489 e. The van der Waals surface area contributed by atoms with Crippen molar-refractivity contribution in [3.05, 3.63) is 95.8 Å². The van der Waals surface area contributed by atoms with E-state index in [0.29, 0.717) is 23.5 Å². The molecule has 1 aliphatic heterocycles. The molecule has 2 atom stereocenters. The fraction of sp³-hybridized carbons (Fsp3) is 0.222. The quantitative estimate of drug-likeness (QED) is 0.381. The molecule has 37 heavy (non-hydrogen) atoms.